The summed E-state index contributed by atoms with van der Waals surface area (Å²) in [5.41, 5.74) is 4.54. The monoisotopic (exact) mass is 281 g/mol. The lowest BCUT2D eigenvalue weighted by molar-refractivity contribution is 0.199. The molecule has 0 radical (unpaired) electrons. The highest BCUT2D eigenvalue weighted by atomic mass is 16.5. The van der Waals surface area contributed by atoms with Gasteiger partial charge in [0.05, 0.1) is 12.9 Å². The van der Waals surface area contributed by atoms with Gasteiger partial charge in [0.1, 0.15) is 5.58 Å². The van der Waals surface area contributed by atoms with Crippen LogP contribution in [-0.2, 0) is 11.3 Å². The summed E-state index contributed by atoms with van der Waals surface area (Å²) in [6.45, 7) is 2.33. The van der Waals surface area contributed by atoms with Crippen LogP contribution in [0.15, 0.2) is 59.2 Å². The maximum Gasteiger partial charge on any atom is 0.134 e. The first-order chi connectivity index (χ1) is 10.4. The second-order valence-corrected chi connectivity index (χ2v) is 5.01. The fraction of sp³-hybridized carbons (Fsp3) is 0.222. The van der Waals surface area contributed by atoms with E-state index in [4.69, 9.17) is 9.15 Å². The third-order valence-corrected chi connectivity index (χ3v) is 3.56. The molecule has 3 heteroatoms. The Labute approximate surface area is 124 Å². The molecule has 2 aromatic carbocycles. The molecule has 0 spiro atoms. The summed E-state index contributed by atoms with van der Waals surface area (Å²) >= 11 is 0. The molecule has 108 valence electrons. The molecule has 0 aliphatic carbocycles. The topological polar surface area (TPSA) is 34.4 Å². The van der Waals surface area contributed by atoms with Crippen molar-refractivity contribution >= 4 is 11.0 Å². The van der Waals surface area contributed by atoms with E-state index in [1.54, 1.807) is 7.11 Å². The van der Waals surface area contributed by atoms with Gasteiger partial charge in [0.25, 0.3) is 0 Å². The SMILES string of the molecule is COCCNCc1coc2ccc(-c3ccccc3)cc12. The summed E-state index contributed by atoms with van der Waals surface area (Å²) in [7, 11) is 1.71. The van der Waals surface area contributed by atoms with Gasteiger partial charge in [-0.25, -0.2) is 0 Å². The molecule has 0 fully saturated rings. The quantitative estimate of drug-likeness (QED) is 0.697. The minimum atomic E-state index is 0.713. The minimum Gasteiger partial charge on any atom is -0.464 e. The van der Waals surface area contributed by atoms with Crippen LogP contribution in [0.5, 0.6) is 0 Å². The Morgan fingerprint density at radius 3 is 2.71 bits per heavy atom. The second-order valence-electron chi connectivity index (χ2n) is 5.01. The number of nitrogens with one attached hydrogen (secondary N) is 1. The number of fused-ring (bicyclic) bond motifs is 1. The lowest BCUT2D eigenvalue weighted by atomic mass is 10.0. The minimum absolute atomic E-state index is 0.713. The van der Waals surface area contributed by atoms with Crippen LogP contribution < -0.4 is 5.32 Å². The van der Waals surface area contributed by atoms with E-state index in [-0.39, 0.29) is 0 Å². The molecule has 1 aromatic heterocycles. The summed E-state index contributed by atoms with van der Waals surface area (Å²) in [6, 6.07) is 16.7. The van der Waals surface area contributed by atoms with Crippen molar-refractivity contribution < 1.29 is 9.15 Å². The Balaban J connectivity index is 1.86. The number of furan rings is 1. The second kappa shape index (κ2) is 6.57. The molecule has 3 rings (SSSR count). The van der Waals surface area contributed by atoms with Crippen molar-refractivity contribution in [3.05, 3.63) is 60.4 Å². The van der Waals surface area contributed by atoms with E-state index in [2.05, 4.69) is 41.7 Å². The summed E-state index contributed by atoms with van der Waals surface area (Å²) in [6.07, 6.45) is 1.83. The largest absolute Gasteiger partial charge is 0.464 e. The van der Waals surface area contributed by atoms with Gasteiger partial charge < -0.3 is 14.5 Å². The van der Waals surface area contributed by atoms with Crippen LogP contribution in [0, 0.1) is 0 Å². The van der Waals surface area contributed by atoms with Gasteiger partial charge in [0.15, 0.2) is 0 Å². The summed E-state index contributed by atoms with van der Waals surface area (Å²) < 4.78 is 10.7. The van der Waals surface area contributed by atoms with Crippen LogP contribution in [0.1, 0.15) is 5.56 Å². The van der Waals surface area contributed by atoms with Gasteiger partial charge in [0.2, 0.25) is 0 Å². The number of ether oxygens (including phenoxy) is 1. The Kier molecular flexibility index (Phi) is 4.34. The van der Waals surface area contributed by atoms with Crippen LogP contribution in [0.3, 0.4) is 0 Å². The molecule has 3 aromatic rings. The van der Waals surface area contributed by atoms with Crippen molar-refractivity contribution in [1.82, 2.24) is 5.32 Å². The predicted octanol–water partition coefficient (Wildman–Crippen LogP) is 3.84. The summed E-state index contributed by atoms with van der Waals surface area (Å²) in [5.74, 6) is 0. The van der Waals surface area contributed by atoms with Gasteiger partial charge in [-0.05, 0) is 23.3 Å². The number of rotatable bonds is 6. The molecule has 0 saturated heterocycles. The molecule has 0 unspecified atom stereocenters. The highest BCUT2D eigenvalue weighted by Gasteiger charge is 2.07. The van der Waals surface area contributed by atoms with Crippen molar-refractivity contribution in [1.29, 1.82) is 0 Å². The molecule has 0 aliphatic rings. The molecule has 1 N–H and O–H groups in total. The average molecular weight is 281 g/mol. The van der Waals surface area contributed by atoms with E-state index in [0.29, 0.717) is 6.61 Å². The maximum atomic E-state index is 5.63. The fourth-order valence-corrected chi connectivity index (χ4v) is 2.43. The molecule has 21 heavy (non-hydrogen) atoms. The third kappa shape index (κ3) is 3.15. The van der Waals surface area contributed by atoms with E-state index in [1.807, 2.05) is 18.4 Å². The van der Waals surface area contributed by atoms with Gasteiger partial charge >= 0.3 is 0 Å². The standard InChI is InChI=1S/C18H19NO2/c1-20-10-9-19-12-16-13-21-18-8-7-15(11-17(16)18)14-5-3-2-4-6-14/h2-8,11,13,19H,9-10,12H2,1H3. The molecular weight excluding hydrogens is 262 g/mol. The highest BCUT2D eigenvalue weighted by molar-refractivity contribution is 5.86. The van der Waals surface area contributed by atoms with Gasteiger partial charge in [-0.15, -0.1) is 0 Å². The summed E-state index contributed by atoms with van der Waals surface area (Å²) in [4.78, 5) is 0. The Morgan fingerprint density at radius 1 is 1.05 bits per heavy atom. The molecule has 0 bridgehead atoms. The van der Waals surface area contributed by atoms with E-state index >= 15 is 0 Å². The zero-order chi connectivity index (χ0) is 14.5. The summed E-state index contributed by atoms with van der Waals surface area (Å²) in [5, 5.41) is 4.52. The van der Waals surface area contributed by atoms with Gasteiger partial charge in [-0.1, -0.05) is 36.4 Å². The number of hydrogen-bond acceptors (Lipinski definition) is 3. The lowest BCUT2D eigenvalue weighted by Gasteiger charge is -2.04. The van der Waals surface area contributed by atoms with Crippen LogP contribution in [0.4, 0.5) is 0 Å². The Hall–Kier alpha value is -2.10. The van der Waals surface area contributed by atoms with Crippen molar-refractivity contribution in [2.45, 2.75) is 6.54 Å². The third-order valence-electron chi connectivity index (χ3n) is 3.56. The lowest BCUT2D eigenvalue weighted by Crippen LogP contribution is -2.18. The van der Waals surface area contributed by atoms with Gasteiger partial charge in [-0.3, -0.25) is 0 Å². The average Bonchev–Trinajstić information content (AvgIpc) is 2.95. The molecule has 0 saturated carbocycles. The molecule has 3 nitrogen and oxygen atoms in total. The first-order valence-corrected chi connectivity index (χ1v) is 7.13. The first kappa shape index (κ1) is 13.9. The Morgan fingerprint density at radius 2 is 1.90 bits per heavy atom. The van der Waals surface area contributed by atoms with Crippen LogP contribution >= 0.6 is 0 Å². The van der Waals surface area contributed by atoms with Gasteiger partial charge in [0, 0.05) is 31.1 Å². The maximum absolute atomic E-state index is 5.63. The molecular formula is C18H19NO2. The number of methoxy groups -OCH3 is 1. The highest BCUT2D eigenvalue weighted by Crippen LogP contribution is 2.27. The zero-order valence-corrected chi connectivity index (χ0v) is 12.1. The van der Waals surface area contributed by atoms with Crippen molar-refractivity contribution in [2.75, 3.05) is 20.3 Å². The van der Waals surface area contributed by atoms with Crippen molar-refractivity contribution in [3.63, 3.8) is 0 Å². The predicted molar refractivity (Wildman–Crippen MR) is 85.2 cm³/mol. The van der Waals surface area contributed by atoms with Crippen molar-refractivity contribution in [3.8, 4) is 11.1 Å². The smallest absolute Gasteiger partial charge is 0.134 e. The van der Waals surface area contributed by atoms with Crippen LogP contribution in [0.2, 0.25) is 0 Å². The van der Waals surface area contributed by atoms with E-state index in [1.165, 1.54) is 22.1 Å². The normalized spacial score (nSPS) is 11.1. The molecule has 0 atom stereocenters. The van der Waals surface area contributed by atoms with Gasteiger partial charge in [-0.2, -0.15) is 0 Å². The molecule has 0 amide bonds. The number of hydrogen-bond donors (Lipinski definition) is 1. The Bertz CT molecular complexity index is 704. The zero-order valence-electron chi connectivity index (χ0n) is 12.1. The van der Waals surface area contributed by atoms with E-state index in [0.717, 1.165) is 18.7 Å². The first-order valence-electron chi connectivity index (χ1n) is 7.13. The molecule has 0 aliphatic heterocycles. The van der Waals surface area contributed by atoms with Crippen molar-refractivity contribution in [2.24, 2.45) is 0 Å². The van der Waals surface area contributed by atoms with Crippen LogP contribution in [0.25, 0.3) is 22.1 Å². The van der Waals surface area contributed by atoms with E-state index in [9.17, 15) is 0 Å². The fourth-order valence-electron chi connectivity index (χ4n) is 2.43. The number of benzene rings is 2. The van der Waals surface area contributed by atoms with E-state index < -0.39 is 0 Å². The molecule has 1 heterocycles. The van der Waals surface area contributed by atoms with Crippen LogP contribution in [-0.4, -0.2) is 20.3 Å².